The third kappa shape index (κ3) is 6.61. The van der Waals surface area contributed by atoms with Crippen LogP contribution in [0.4, 0.5) is 0 Å². The van der Waals surface area contributed by atoms with Crippen molar-refractivity contribution < 1.29 is 14.6 Å². The lowest BCUT2D eigenvalue weighted by Crippen LogP contribution is -2.38. The number of likely N-dealkylation sites (N-methyl/N-ethyl adjacent to an activating group) is 1. The molecule has 1 atom stereocenters. The molecule has 0 spiro atoms. The lowest BCUT2D eigenvalue weighted by Gasteiger charge is -2.25. The Labute approximate surface area is 103 Å². The van der Waals surface area contributed by atoms with E-state index in [1.807, 2.05) is 14.1 Å². The van der Waals surface area contributed by atoms with Crippen molar-refractivity contribution in [2.24, 2.45) is 0 Å². The molecule has 0 amide bonds. The molecule has 17 heavy (non-hydrogen) atoms. The Kier molecular flexibility index (Phi) is 6.47. The van der Waals surface area contributed by atoms with Crippen LogP contribution in [0.15, 0.2) is 0 Å². The third-order valence-electron chi connectivity index (χ3n) is 2.99. The second-order valence-corrected chi connectivity index (χ2v) is 4.88. The SMILES string of the molecule is CN(C)CCN(CCC(=O)O)CC1CCCO1. The minimum Gasteiger partial charge on any atom is -0.481 e. The molecular weight excluding hydrogens is 220 g/mol. The minimum absolute atomic E-state index is 0.208. The summed E-state index contributed by atoms with van der Waals surface area (Å²) >= 11 is 0. The number of rotatable bonds is 8. The van der Waals surface area contributed by atoms with Crippen LogP contribution < -0.4 is 0 Å². The van der Waals surface area contributed by atoms with E-state index in [1.54, 1.807) is 0 Å². The van der Waals surface area contributed by atoms with Gasteiger partial charge in [0.25, 0.3) is 0 Å². The Hall–Kier alpha value is -0.650. The number of hydrogen-bond donors (Lipinski definition) is 1. The fraction of sp³-hybridized carbons (Fsp3) is 0.917. The van der Waals surface area contributed by atoms with E-state index in [0.29, 0.717) is 12.6 Å². The maximum atomic E-state index is 10.6. The number of carboxylic acid groups (broad SMARTS) is 1. The van der Waals surface area contributed by atoms with E-state index in [-0.39, 0.29) is 6.42 Å². The molecule has 0 radical (unpaired) electrons. The molecule has 0 aromatic carbocycles. The highest BCUT2D eigenvalue weighted by atomic mass is 16.5. The molecular formula is C12H24N2O3. The van der Waals surface area contributed by atoms with E-state index in [2.05, 4.69) is 9.80 Å². The second-order valence-electron chi connectivity index (χ2n) is 4.88. The first-order chi connectivity index (χ1) is 8.08. The van der Waals surface area contributed by atoms with Gasteiger partial charge < -0.3 is 14.7 Å². The molecule has 0 bridgehead atoms. The summed E-state index contributed by atoms with van der Waals surface area (Å²) in [7, 11) is 4.06. The first-order valence-corrected chi connectivity index (χ1v) is 6.28. The molecule has 0 saturated carbocycles. The van der Waals surface area contributed by atoms with Gasteiger partial charge in [-0.2, -0.15) is 0 Å². The standard InChI is InChI=1S/C12H24N2O3/c1-13(2)7-8-14(6-5-12(15)16)10-11-4-3-9-17-11/h11H,3-10H2,1-2H3,(H,15,16). The van der Waals surface area contributed by atoms with Crippen LogP contribution in [-0.4, -0.2) is 73.9 Å². The van der Waals surface area contributed by atoms with Crippen molar-refractivity contribution in [3.05, 3.63) is 0 Å². The summed E-state index contributed by atoms with van der Waals surface area (Å²) in [5.74, 6) is -0.729. The van der Waals surface area contributed by atoms with Gasteiger partial charge in [-0.25, -0.2) is 0 Å². The van der Waals surface area contributed by atoms with E-state index < -0.39 is 5.97 Å². The van der Waals surface area contributed by atoms with E-state index in [9.17, 15) is 4.79 Å². The Balaban J connectivity index is 2.31. The van der Waals surface area contributed by atoms with Gasteiger partial charge in [-0.05, 0) is 26.9 Å². The van der Waals surface area contributed by atoms with Crippen molar-refractivity contribution in [2.75, 3.05) is 46.9 Å². The molecule has 5 nitrogen and oxygen atoms in total. The fourth-order valence-corrected chi connectivity index (χ4v) is 1.97. The van der Waals surface area contributed by atoms with E-state index in [4.69, 9.17) is 9.84 Å². The summed E-state index contributed by atoms with van der Waals surface area (Å²) in [6.07, 6.45) is 2.74. The van der Waals surface area contributed by atoms with Gasteiger partial charge in [0.15, 0.2) is 0 Å². The van der Waals surface area contributed by atoms with Crippen LogP contribution >= 0.6 is 0 Å². The lowest BCUT2D eigenvalue weighted by atomic mass is 10.2. The van der Waals surface area contributed by atoms with Crippen molar-refractivity contribution in [1.82, 2.24) is 9.80 Å². The van der Waals surface area contributed by atoms with E-state index in [0.717, 1.165) is 39.1 Å². The average molecular weight is 244 g/mol. The van der Waals surface area contributed by atoms with Gasteiger partial charge in [-0.1, -0.05) is 0 Å². The predicted octanol–water partition coefficient (Wildman–Crippen LogP) is 0.504. The van der Waals surface area contributed by atoms with Crippen molar-refractivity contribution in [3.63, 3.8) is 0 Å². The van der Waals surface area contributed by atoms with E-state index >= 15 is 0 Å². The Morgan fingerprint density at radius 1 is 1.35 bits per heavy atom. The van der Waals surface area contributed by atoms with Gasteiger partial charge in [0.2, 0.25) is 0 Å². The largest absolute Gasteiger partial charge is 0.481 e. The van der Waals surface area contributed by atoms with Crippen LogP contribution in [0.25, 0.3) is 0 Å². The molecule has 0 aromatic rings. The van der Waals surface area contributed by atoms with Crippen molar-refractivity contribution in [3.8, 4) is 0 Å². The van der Waals surface area contributed by atoms with Gasteiger partial charge in [0, 0.05) is 32.8 Å². The van der Waals surface area contributed by atoms with Gasteiger partial charge in [0.05, 0.1) is 12.5 Å². The molecule has 1 rings (SSSR count). The molecule has 1 aliphatic heterocycles. The number of carbonyl (C=O) groups is 1. The number of hydrogen-bond acceptors (Lipinski definition) is 4. The lowest BCUT2D eigenvalue weighted by molar-refractivity contribution is -0.137. The highest BCUT2D eigenvalue weighted by Gasteiger charge is 2.19. The zero-order valence-electron chi connectivity index (χ0n) is 10.9. The molecule has 1 N–H and O–H groups in total. The van der Waals surface area contributed by atoms with Gasteiger partial charge in [-0.3, -0.25) is 9.69 Å². The number of nitrogens with zero attached hydrogens (tertiary/aromatic N) is 2. The maximum Gasteiger partial charge on any atom is 0.304 e. The first-order valence-electron chi connectivity index (χ1n) is 6.28. The summed E-state index contributed by atoms with van der Waals surface area (Å²) < 4.78 is 5.59. The summed E-state index contributed by atoms with van der Waals surface area (Å²) in [6, 6.07) is 0. The molecule has 0 aliphatic carbocycles. The van der Waals surface area contributed by atoms with Crippen molar-refractivity contribution >= 4 is 5.97 Å². The zero-order chi connectivity index (χ0) is 12.7. The summed E-state index contributed by atoms with van der Waals surface area (Å²) in [6.45, 7) is 4.18. The topological polar surface area (TPSA) is 53.0 Å². The van der Waals surface area contributed by atoms with Crippen LogP contribution in [0.1, 0.15) is 19.3 Å². The normalized spacial score (nSPS) is 20.4. The molecule has 5 heteroatoms. The summed E-state index contributed by atoms with van der Waals surface area (Å²) in [4.78, 5) is 14.9. The van der Waals surface area contributed by atoms with E-state index in [1.165, 1.54) is 0 Å². The molecule has 0 aromatic heterocycles. The van der Waals surface area contributed by atoms with Gasteiger partial charge in [-0.15, -0.1) is 0 Å². The molecule has 1 aliphatic rings. The summed E-state index contributed by atoms with van der Waals surface area (Å²) in [5, 5.41) is 8.73. The van der Waals surface area contributed by atoms with Gasteiger partial charge in [0.1, 0.15) is 0 Å². The van der Waals surface area contributed by atoms with Crippen LogP contribution in [0.3, 0.4) is 0 Å². The molecule has 1 unspecified atom stereocenters. The number of aliphatic carboxylic acids is 1. The fourth-order valence-electron chi connectivity index (χ4n) is 1.97. The summed E-state index contributed by atoms with van der Waals surface area (Å²) in [5.41, 5.74) is 0. The molecule has 1 heterocycles. The Bertz CT molecular complexity index is 228. The minimum atomic E-state index is -0.729. The molecule has 1 fully saturated rings. The average Bonchev–Trinajstić information content (AvgIpc) is 2.74. The first kappa shape index (κ1) is 14.4. The van der Waals surface area contributed by atoms with Gasteiger partial charge >= 0.3 is 5.97 Å². The maximum absolute atomic E-state index is 10.6. The monoisotopic (exact) mass is 244 g/mol. The molecule has 100 valence electrons. The quantitative estimate of drug-likeness (QED) is 0.674. The van der Waals surface area contributed by atoms with Crippen LogP contribution in [0.5, 0.6) is 0 Å². The van der Waals surface area contributed by atoms with Crippen LogP contribution in [0.2, 0.25) is 0 Å². The second kappa shape index (κ2) is 7.63. The van der Waals surface area contributed by atoms with Crippen LogP contribution in [0, 0.1) is 0 Å². The third-order valence-corrected chi connectivity index (χ3v) is 2.99. The Morgan fingerprint density at radius 3 is 2.65 bits per heavy atom. The van der Waals surface area contributed by atoms with Crippen molar-refractivity contribution in [1.29, 1.82) is 0 Å². The smallest absolute Gasteiger partial charge is 0.304 e. The highest BCUT2D eigenvalue weighted by Crippen LogP contribution is 2.13. The Morgan fingerprint density at radius 2 is 2.12 bits per heavy atom. The highest BCUT2D eigenvalue weighted by molar-refractivity contribution is 5.66. The van der Waals surface area contributed by atoms with Crippen LogP contribution in [-0.2, 0) is 9.53 Å². The number of carboxylic acids is 1. The number of ether oxygens (including phenoxy) is 1. The predicted molar refractivity (Wildman–Crippen MR) is 66.2 cm³/mol. The zero-order valence-corrected chi connectivity index (χ0v) is 10.9. The molecule has 1 saturated heterocycles. The van der Waals surface area contributed by atoms with Crippen molar-refractivity contribution in [2.45, 2.75) is 25.4 Å².